The van der Waals surface area contributed by atoms with Crippen LogP contribution in [0.5, 0.6) is 0 Å². The second-order valence-corrected chi connectivity index (χ2v) is 5.19. The summed E-state index contributed by atoms with van der Waals surface area (Å²) in [4.78, 5) is 25.1. The summed E-state index contributed by atoms with van der Waals surface area (Å²) in [5, 5.41) is 5.90. The topological polar surface area (TPSA) is 61.4 Å². The van der Waals surface area contributed by atoms with Crippen LogP contribution < -0.4 is 10.6 Å². The molecule has 0 spiro atoms. The van der Waals surface area contributed by atoms with E-state index in [1.165, 1.54) is 0 Å². The summed E-state index contributed by atoms with van der Waals surface area (Å²) in [6, 6.07) is 0. The molecule has 0 aromatic rings. The van der Waals surface area contributed by atoms with Gasteiger partial charge in [-0.25, -0.2) is 0 Å². The zero-order valence-electron chi connectivity index (χ0n) is 12.1. The number of carbonyl (C=O) groups is 2. The van der Waals surface area contributed by atoms with E-state index in [2.05, 4.69) is 10.6 Å². The van der Waals surface area contributed by atoms with Crippen LogP contribution in [-0.2, 0) is 9.59 Å². The lowest BCUT2D eigenvalue weighted by Gasteiger charge is -2.26. The third-order valence-electron chi connectivity index (χ3n) is 3.59. The van der Waals surface area contributed by atoms with Crippen LogP contribution >= 0.6 is 12.4 Å². The molecule has 1 saturated heterocycles. The Balaban J connectivity index is 0.00000324. The van der Waals surface area contributed by atoms with Crippen molar-refractivity contribution in [2.45, 2.75) is 26.2 Å². The third kappa shape index (κ3) is 6.25. The Morgan fingerprint density at radius 3 is 2.47 bits per heavy atom. The lowest BCUT2D eigenvalue weighted by Crippen LogP contribution is -2.38. The summed E-state index contributed by atoms with van der Waals surface area (Å²) in [5.74, 6) is 0.475. The number of halogens is 1. The van der Waals surface area contributed by atoms with Crippen molar-refractivity contribution in [2.24, 2.45) is 11.8 Å². The highest BCUT2D eigenvalue weighted by molar-refractivity contribution is 5.85. The highest BCUT2D eigenvalue weighted by Gasteiger charge is 2.21. The molecule has 1 fully saturated rings. The van der Waals surface area contributed by atoms with Gasteiger partial charge in [-0.05, 0) is 31.8 Å². The Hall–Kier alpha value is -0.810. The molecule has 2 amide bonds. The average molecular weight is 292 g/mol. The fraction of sp³-hybridized carbons (Fsp3) is 0.846. The van der Waals surface area contributed by atoms with Gasteiger partial charge < -0.3 is 15.5 Å². The van der Waals surface area contributed by atoms with Crippen LogP contribution in [0.1, 0.15) is 26.2 Å². The fourth-order valence-corrected chi connectivity index (χ4v) is 2.33. The van der Waals surface area contributed by atoms with Gasteiger partial charge in [-0.2, -0.15) is 0 Å². The van der Waals surface area contributed by atoms with Crippen molar-refractivity contribution in [3.63, 3.8) is 0 Å². The summed E-state index contributed by atoms with van der Waals surface area (Å²) >= 11 is 0. The molecule has 1 unspecified atom stereocenters. The van der Waals surface area contributed by atoms with Gasteiger partial charge in [-0.15, -0.1) is 12.4 Å². The number of rotatable bonds is 5. The van der Waals surface area contributed by atoms with E-state index in [1.807, 2.05) is 6.92 Å². The Morgan fingerprint density at radius 2 is 1.95 bits per heavy atom. The van der Waals surface area contributed by atoms with Gasteiger partial charge in [0.1, 0.15) is 0 Å². The molecule has 1 heterocycles. The molecular weight excluding hydrogens is 266 g/mol. The average Bonchev–Trinajstić information content (AvgIpc) is 2.38. The van der Waals surface area contributed by atoms with E-state index in [9.17, 15) is 9.59 Å². The largest absolute Gasteiger partial charge is 0.359 e. The Labute approximate surface area is 121 Å². The number of hydrogen-bond acceptors (Lipinski definition) is 3. The SMILES string of the molecule is CNC(=O)C(C)CN(C)C(=O)CC1CCNCC1.Cl. The van der Waals surface area contributed by atoms with Crippen molar-refractivity contribution >= 4 is 24.2 Å². The fourth-order valence-electron chi connectivity index (χ4n) is 2.33. The summed E-state index contributed by atoms with van der Waals surface area (Å²) in [6.45, 7) is 4.35. The molecule has 6 heteroatoms. The van der Waals surface area contributed by atoms with Crippen LogP contribution in [0.4, 0.5) is 0 Å². The molecule has 112 valence electrons. The maximum absolute atomic E-state index is 12.0. The molecule has 5 nitrogen and oxygen atoms in total. The molecule has 0 aromatic heterocycles. The minimum absolute atomic E-state index is 0. The smallest absolute Gasteiger partial charge is 0.224 e. The molecule has 1 atom stereocenters. The van der Waals surface area contributed by atoms with E-state index in [0.29, 0.717) is 18.9 Å². The first-order chi connectivity index (χ1) is 8.54. The Morgan fingerprint density at radius 1 is 1.37 bits per heavy atom. The number of amides is 2. The van der Waals surface area contributed by atoms with Gasteiger partial charge in [0.05, 0.1) is 5.92 Å². The maximum Gasteiger partial charge on any atom is 0.224 e. The van der Waals surface area contributed by atoms with Gasteiger partial charge in [0, 0.05) is 27.1 Å². The number of nitrogens with zero attached hydrogens (tertiary/aromatic N) is 1. The molecule has 1 aliphatic rings. The lowest BCUT2D eigenvalue weighted by molar-refractivity contribution is -0.133. The second kappa shape index (κ2) is 9.15. The summed E-state index contributed by atoms with van der Waals surface area (Å²) in [6.07, 6.45) is 2.76. The molecule has 0 bridgehead atoms. The van der Waals surface area contributed by atoms with E-state index in [-0.39, 0.29) is 30.1 Å². The monoisotopic (exact) mass is 291 g/mol. The second-order valence-electron chi connectivity index (χ2n) is 5.19. The lowest BCUT2D eigenvalue weighted by atomic mass is 9.94. The molecular formula is C13H26ClN3O2. The van der Waals surface area contributed by atoms with E-state index in [0.717, 1.165) is 25.9 Å². The van der Waals surface area contributed by atoms with E-state index < -0.39 is 0 Å². The predicted molar refractivity (Wildman–Crippen MR) is 78.3 cm³/mol. The highest BCUT2D eigenvalue weighted by atomic mass is 35.5. The molecule has 2 N–H and O–H groups in total. The van der Waals surface area contributed by atoms with Gasteiger partial charge in [-0.1, -0.05) is 6.92 Å². The molecule has 0 aromatic carbocycles. The van der Waals surface area contributed by atoms with Crippen LogP contribution in [0, 0.1) is 11.8 Å². The molecule has 0 radical (unpaired) electrons. The number of piperidine rings is 1. The van der Waals surface area contributed by atoms with Crippen molar-refractivity contribution in [2.75, 3.05) is 33.7 Å². The maximum atomic E-state index is 12.0. The van der Waals surface area contributed by atoms with Crippen molar-refractivity contribution in [1.29, 1.82) is 0 Å². The zero-order valence-corrected chi connectivity index (χ0v) is 12.9. The number of carbonyl (C=O) groups excluding carboxylic acids is 2. The molecule has 1 aliphatic heterocycles. The number of hydrogen-bond donors (Lipinski definition) is 2. The first-order valence-electron chi connectivity index (χ1n) is 6.70. The Kier molecular flexibility index (Phi) is 8.76. The van der Waals surface area contributed by atoms with Gasteiger partial charge in [-0.3, -0.25) is 9.59 Å². The predicted octanol–water partition coefficient (Wildman–Crippen LogP) is 0.638. The standard InChI is InChI=1S/C13H25N3O2.ClH/c1-10(13(18)14-2)9-16(3)12(17)8-11-4-6-15-7-5-11;/h10-11,15H,4-9H2,1-3H3,(H,14,18);1H. The van der Waals surface area contributed by atoms with E-state index >= 15 is 0 Å². The first-order valence-corrected chi connectivity index (χ1v) is 6.70. The summed E-state index contributed by atoms with van der Waals surface area (Å²) in [5.41, 5.74) is 0. The molecule has 1 rings (SSSR count). The quantitative estimate of drug-likeness (QED) is 0.781. The summed E-state index contributed by atoms with van der Waals surface area (Å²) in [7, 11) is 3.40. The van der Waals surface area contributed by atoms with Crippen LogP contribution in [-0.4, -0.2) is 50.4 Å². The minimum atomic E-state index is -0.156. The molecule has 0 aliphatic carbocycles. The van der Waals surface area contributed by atoms with E-state index in [4.69, 9.17) is 0 Å². The molecule has 0 saturated carbocycles. The van der Waals surface area contributed by atoms with Gasteiger partial charge in [0.25, 0.3) is 0 Å². The van der Waals surface area contributed by atoms with Crippen LogP contribution in [0.25, 0.3) is 0 Å². The molecule has 19 heavy (non-hydrogen) atoms. The van der Waals surface area contributed by atoms with E-state index in [1.54, 1.807) is 19.0 Å². The normalized spacial score (nSPS) is 17.2. The van der Waals surface area contributed by atoms with Crippen molar-refractivity contribution in [3.05, 3.63) is 0 Å². The Bertz CT molecular complexity index is 294. The zero-order chi connectivity index (χ0) is 13.5. The highest BCUT2D eigenvalue weighted by Crippen LogP contribution is 2.17. The first kappa shape index (κ1) is 18.2. The minimum Gasteiger partial charge on any atom is -0.359 e. The van der Waals surface area contributed by atoms with Gasteiger partial charge >= 0.3 is 0 Å². The van der Waals surface area contributed by atoms with Gasteiger partial charge in [0.15, 0.2) is 0 Å². The van der Waals surface area contributed by atoms with Crippen LogP contribution in [0.15, 0.2) is 0 Å². The van der Waals surface area contributed by atoms with Crippen molar-refractivity contribution in [3.8, 4) is 0 Å². The van der Waals surface area contributed by atoms with Crippen molar-refractivity contribution in [1.82, 2.24) is 15.5 Å². The van der Waals surface area contributed by atoms with Crippen molar-refractivity contribution < 1.29 is 9.59 Å². The summed E-state index contributed by atoms with van der Waals surface area (Å²) < 4.78 is 0. The third-order valence-corrected chi connectivity index (χ3v) is 3.59. The number of nitrogens with one attached hydrogen (secondary N) is 2. The van der Waals surface area contributed by atoms with Crippen LogP contribution in [0.2, 0.25) is 0 Å². The van der Waals surface area contributed by atoms with Gasteiger partial charge in [0.2, 0.25) is 11.8 Å². The van der Waals surface area contributed by atoms with Crippen LogP contribution in [0.3, 0.4) is 0 Å².